The van der Waals surface area contributed by atoms with Gasteiger partial charge in [-0.3, -0.25) is 14.1 Å². The summed E-state index contributed by atoms with van der Waals surface area (Å²) in [5.74, 6) is -0.900. The fourth-order valence-corrected chi connectivity index (χ4v) is 2.54. The zero-order chi connectivity index (χ0) is 17.0. The molecule has 0 heterocycles. The number of carbonyl (C=O) groups is 2. The number of ketones is 1. The van der Waals surface area contributed by atoms with E-state index >= 15 is 0 Å². The maximum Gasteiger partial charge on any atom is 0.296 e. The first-order chi connectivity index (χ1) is 10.8. The number of nitrogen functional groups attached to an aromatic ring is 1. The van der Waals surface area contributed by atoms with Crippen LogP contribution in [0.5, 0.6) is 0 Å². The van der Waals surface area contributed by atoms with Gasteiger partial charge in [0, 0.05) is 11.3 Å². The molecule has 2 aromatic carbocycles. The van der Waals surface area contributed by atoms with E-state index in [1.807, 2.05) is 0 Å². The first-order valence-electron chi connectivity index (χ1n) is 6.52. The maximum atomic E-state index is 11.9. The van der Waals surface area contributed by atoms with Gasteiger partial charge in [-0.25, -0.2) is 0 Å². The summed E-state index contributed by atoms with van der Waals surface area (Å²) >= 11 is 0. The van der Waals surface area contributed by atoms with Crippen LogP contribution in [-0.2, 0) is 14.9 Å². The van der Waals surface area contributed by atoms with E-state index < -0.39 is 20.9 Å². The van der Waals surface area contributed by atoms with Gasteiger partial charge in [0.05, 0.1) is 12.1 Å². The highest BCUT2D eigenvalue weighted by molar-refractivity contribution is 7.86. The molecule has 7 nitrogen and oxygen atoms in total. The molecule has 0 bridgehead atoms. The highest BCUT2D eigenvalue weighted by Crippen LogP contribution is 2.22. The molecular weight excluding hydrogens is 320 g/mol. The number of Topliss-reactive ketones (excluding diaryl/α,β-unsaturated/α-hetero) is 1. The number of rotatable bonds is 5. The minimum Gasteiger partial charge on any atom is -0.398 e. The van der Waals surface area contributed by atoms with Crippen molar-refractivity contribution in [3.8, 4) is 0 Å². The van der Waals surface area contributed by atoms with Crippen LogP contribution in [0.25, 0.3) is 0 Å². The Labute approximate surface area is 132 Å². The van der Waals surface area contributed by atoms with Gasteiger partial charge in [0.2, 0.25) is 5.91 Å². The Kier molecular flexibility index (Phi) is 4.77. The molecule has 120 valence electrons. The van der Waals surface area contributed by atoms with Crippen LogP contribution < -0.4 is 11.1 Å². The molecule has 0 radical (unpaired) electrons. The van der Waals surface area contributed by atoms with Crippen LogP contribution >= 0.6 is 0 Å². The van der Waals surface area contributed by atoms with Crippen LogP contribution in [0.3, 0.4) is 0 Å². The first-order valence-corrected chi connectivity index (χ1v) is 7.96. The summed E-state index contributed by atoms with van der Waals surface area (Å²) in [5, 5.41) is 2.45. The van der Waals surface area contributed by atoms with Crippen LogP contribution in [0, 0.1) is 0 Å². The second-order valence-corrected chi connectivity index (χ2v) is 6.13. The van der Waals surface area contributed by atoms with Crippen LogP contribution in [-0.4, -0.2) is 24.7 Å². The molecule has 0 aliphatic heterocycles. The van der Waals surface area contributed by atoms with E-state index in [1.54, 1.807) is 30.3 Å². The zero-order valence-corrected chi connectivity index (χ0v) is 12.7. The topological polar surface area (TPSA) is 127 Å². The third-order valence-electron chi connectivity index (χ3n) is 2.99. The Morgan fingerprint density at radius 2 is 1.74 bits per heavy atom. The molecule has 8 heteroatoms. The summed E-state index contributed by atoms with van der Waals surface area (Å²) in [5.41, 5.74) is 5.95. The summed E-state index contributed by atoms with van der Waals surface area (Å²) < 4.78 is 31.0. The van der Waals surface area contributed by atoms with Crippen LogP contribution in [0.15, 0.2) is 53.4 Å². The minimum atomic E-state index is -4.43. The highest BCUT2D eigenvalue weighted by Gasteiger charge is 2.16. The van der Waals surface area contributed by atoms with Crippen LogP contribution in [0.4, 0.5) is 11.4 Å². The van der Waals surface area contributed by atoms with E-state index in [1.165, 1.54) is 12.1 Å². The number of amides is 1. The number of nitrogens with one attached hydrogen (secondary N) is 1. The maximum absolute atomic E-state index is 11.9. The molecule has 0 aliphatic rings. The Bertz CT molecular complexity index is 847. The summed E-state index contributed by atoms with van der Waals surface area (Å²) in [6, 6.07) is 11.9. The monoisotopic (exact) mass is 334 g/mol. The molecule has 2 aromatic rings. The van der Waals surface area contributed by atoms with Gasteiger partial charge >= 0.3 is 0 Å². The average molecular weight is 334 g/mol. The Morgan fingerprint density at radius 3 is 2.30 bits per heavy atom. The standard InChI is InChI=1S/C15H14N2O5S/c16-12-8-11(6-7-14(12)23(20,21)22)17-15(19)9-13(18)10-4-2-1-3-5-10/h1-8H,9,16H2,(H,17,19)(H,20,21,22). The number of hydrogen-bond acceptors (Lipinski definition) is 5. The fraction of sp³-hybridized carbons (Fsp3) is 0.0667. The quantitative estimate of drug-likeness (QED) is 0.331. The second kappa shape index (κ2) is 6.59. The lowest BCUT2D eigenvalue weighted by Crippen LogP contribution is -2.17. The molecule has 4 N–H and O–H groups in total. The van der Waals surface area contributed by atoms with Gasteiger partial charge < -0.3 is 11.1 Å². The minimum absolute atomic E-state index is 0.209. The van der Waals surface area contributed by atoms with Crippen molar-refractivity contribution in [1.29, 1.82) is 0 Å². The van der Waals surface area contributed by atoms with Crippen molar-refractivity contribution in [1.82, 2.24) is 0 Å². The third kappa shape index (κ3) is 4.38. The number of anilines is 2. The van der Waals surface area contributed by atoms with Crippen molar-refractivity contribution >= 4 is 33.2 Å². The molecule has 0 saturated carbocycles. The van der Waals surface area contributed by atoms with E-state index in [4.69, 9.17) is 10.3 Å². The largest absolute Gasteiger partial charge is 0.398 e. The van der Waals surface area contributed by atoms with Gasteiger partial charge in [-0.2, -0.15) is 8.42 Å². The molecular formula is C15H14N2O5S. The Morgan fingerprint density at radius 1 is 1.09 bits per heavy atom. The second-order valence-electron chi connectivity index (χ2n) is 4.74. The van der Waals surface area contributed by atoms with Gasteiger partial charge in [0.1, 0.15) is 4.90 Å². The van der Waals surface area contributed by atoms with Crippen molar-refractivity contribution in [2.24, 2.45) is 0 Å². The Balaban J connectivity index is 2.06. The van der Waals surface area contributed by atoms with E-state index in [2.05, 4.69) is 5.32 Å². The van der Waals surface area contributed by atoms with Crippen molar-refractivity contribution < 1.29 is 22.6 Å². The van der Waals surface area contributed by atoms with E-state index in [9.17, 15) is 18.0 Å². The van der Waals surface area contributed by atoms with Gasteiger partial charge in [0.15, 0.2) is 5.78 Å². The van der Waals surface area contributed by atoms with Crippen molar-refractivity contribution in [3.05, 3.63) is 54.1 Å². The van der Waals surface area contributed by atoms with E-state index in [0.29, 0.717) is 5.56 Å². The summed E-state index contributed by atoms with van der Waals surface area (Å²) in [4.78, 5) is 23.3. The zero-order valence-electron chi connectivity index (χ0n) is 11.9. The molecule has 2 rings (SSSR count). The van der Waals surface area contributed by atoms with Gasteiger partial charge in [0.25, 0.3) is 10.1 Å². The molecule has 0 fully saturated rings. The van der Waals surface area contributed by atoms with Crippen LogP contribution in [0.1, 0.15) is 16.8 Å². The summed E-state index contributed by atoms with van der Waals surface area (Å²) in [6.45, 7) is 0. The predicted octanol–water partition coefficient (Wildman–Crippen LogP) is 1.73. The number of nitrogens with two attached hydrogens (primary N) is 1. The first kappa shape index (κ1) is 16.7. The molecule has 0 aromatic heterocycles. The molecule has 0 unspecified atom stereocenters. The lowest BCUT2D eigenvalue weighted by atomic mass is 10.1. The smallest absolute Gasteiger partial charge is 0.296 e. The lowest BCUT2D eigenvalue weighted by Gasteiger charge is -2.08. The van der Waals surface area contributed by atoms with Crippen molar-refractivity contribution in [2.75, 3.05) is 11.1 Å². The molecule has 0 saturated heterocycles. The number of benzene rings is 2. The molecule has 23 heavy (non-hydrogen) atoms. The molecule has 0 spiro atoms. The average Bonchev–Trinajstić information content (AvgIpc) is 2.46. The SMILES string of the molecule is Nc1cc(NC(=O)CC(=O)c2ccccc2)ccc1S(=O)(=O)O. The lowest BCUT2D eigenvalue weighted by molar-refractivity contribution is -0.115. The predicted molar refractivity (Wildman–Crippen MR) is 84.7 cm³/mol. The number of hydrogen-bond donors (Lipinski definition) is 3. The van der Waals surface area contributed by atoms with E-state index in [0.717, 1.165) is 6.07 Å². The van der Waals surface area contributed by atoms with Crippen LogP contribution in [0.2, 0.25) is 0 Å². The number of carbonyl (C=O) groups excluding carboxylic acids is 2. The summed E-state index contributed by atoms with van der Waals surface area (Å²) in [7, 11) is -4.43. The Hall–Kier alpha value is -2.71. The third-order valence-corrected chi connectivity index (χ3v) is 3.92. The van der Waals surface area contributed by atoms with Crippen molar-refractivity contribution in [2.45, 2.75) is 11.3 Å². The molecule has 1 amide bonds. The van der Waals surface area contributed by atoms with Gasteiger partial charge in [-0.1, -0.05) is 30.3 Å². The highest BCUT2D eigenvalue weighted by atomic mass is 32.2. The van der Waals surface area contributed by atoms with Crippen molar-refractivity contribution in [3.63, 3.8) is 0 Å². The summed E-state index contributed by atoms with van der Waals surface area (Å²) in [6.07, 6.45) is -0.357. The fourth-order valence-electron chi connectivity index (χ4n) is 1.94. The van der Waals surface area contributed by atoms with E-state index in [-0.39, 0.29) is 23.6 Å². The van der Waals surface area contributed by atoms with Gasteiger partial charge in [-0.05, 0) is 18.2 Å². The molecule has 0 atom stereocenters. The normalized spacial score (nSPS) is 11.0. The molecule has 0 aliphatic carbocycles. The van der Waals surface area contributed by atoms with Gasteiger partial charge in [-0.15, -0.1) is 0 Å².